The van der Waals surface area contributed by atoms with Crippen molar-refractivity contribution < 1.29 is 4.39 Å². The number of hydrogen-bond donors (Lipinski definition) is 0. The molecule has 2 aliphatic rings. The summed E-state index contributed by atoms with van der Waals surface area (Å²) in [5.41, 5.74) is 1.15. The van der Waals surface area contributed by atoms with E-state index in [2.05, 4.69) is 18.0 Å². The minimum absolute atomic E-state index is 0.0287. The van der Waals surface area contributed by atoms with Gasteiger partial charge in [-0.2, -0.15) is 0 Å². The second-order valence-corrected chi connectivity index (χ2v) is 3.66. The van der Waals surface area contributed by atoms with Gasteiger partial charge in [0.05, 0.1) is 11.9 Å². The highest BCUT2D eigenvalue weighted by Gasteiger charge is 2.25. The minimum atomic E-state index is 0.0287. The molecule has 1 aliphatic carbocycles. The summed E-state index contributed by atoms with van der Waals surface area (Å²) in [6.07, 6.45) is 8.12. The van der Waals surface area contributed by atoms with Crippen LogP contribution in [0.4, 0.5) is 4.39 Å². The Morgan fingerprint density at radius 3 is 3.23 bits per heavy atom. The Labute approximate surface area is 78.1 Å². The van der Waals surface area contributed by atoms with Crippen LogP contribution >= 0.6 is 0 Å². The van der Waals surface area contributed by atoms with E-state index in [-0.39, 0.29) is 5.83 Å². The molecule has 0 N–H and O–H groups in total. The average molecular weight is 179 g/mol. The summed E-state index contributed by atoms with van der Waals surface area (Å²) in [7, 11) is 0. The van der Waals surface area contributed by atoms with Crippen molar-refractivity contribution in [3.63, 3.8) is 0 Å². The summed E-state index contributed by atoms with van der Waals surface area (Å²) in [6, 6.07) is 0.305. The van der Waals surface area contributed by atoms with Crippen LogP contribution in [0.5, 0.6) is 0 Å². The summed E-state index contributed by atoms with van der Waals surface area (Å²) in [5, 5.41) is 0. The van der Waals surface area contributed by atoms with Crippen molar-refractivity contribution >= 4 is 5.71 Å². The van der Waals surface area contributed by atoms with Crippen molar-refractivity contribution in [1.82, 2.24) is 0 Å². The standard InChI is InChI=1S/C11H14FN/c1-2-10-5-3-8-7-9(12)4-6-11(8)13-10/h3-5,8,11H,2,6-7H2,1H3. The van der Waals surface area contributed by atoms with Crippen molar-refractivity contribution in [3.8, 4) is 0 Å². The van der Waals surface area contributed by atoms with Gasteiger partial charge < -0.3 is 0 Å². The summed E-state index contributed by atoms with van der Waals surface area (Å²) in [5.74, 6) is 0.335. The maximum atomic E-state index is 12.9. The Balaban J connectivity index is 2.16. The van der Waals surface area contributed by atoms with Crippen LogP contribution in [-0.2, 0) is 0 Å². The molecule has 0 aromatic heterocycles. The molecule has 0 amide bonds. The number of aliphatic imine (C=N–C) groups is 1. The van der Waals surface area contributed by atoms with Gasteiger partial charge in [-0.25, -0.2) is 4.39 Å². The molecule has 0 bridgehead atoms. The molecule has 2 atom stereocenters. The number of allylic oxidation sites excluding steroid dienone is 2. The molecular formula is C11H14FN. The van der Waals surface area contributed by atoms with Gasteiger partial charge in [0.25, 0.3) is 0 Å². The van der Waals surface area contributed by atoms with E-state index >= 15 is 0 Å². The van der Waals surface area contributed by atoms with E-state index in [1.807, 2.05) is 6.08 Å². The van der Waals surface area contributed by atoms with Gasteiger partial charge in [0.1, 0.15) is 0 Å². The van der Waals surface area contributed by atoms with E-state index in [0.29, 0.717) is 18.4 Å². The first kappa shape index (κ1) is 8.67. The first-order valence-electron chi connectivity index (χ1n) is 4.89. The van der Waals surface area contributed by atoms with Gasteiger partial charge in [-0.05, 0) is 18.9 Å². The van der Waals surface area contributed by atoms with E-state index in [0.717, 1.165) is 18.6 Å². The highest BCUT2D eigenvalue weighted by atomic mass is 19.1. The van der Waals surface area contributed by atoms with E-state index < -0.39 is 0 Å². The number of hydrogen-bond acceptors (Lipinski definition) is 1. The van der Waals surface area contributed by atoms with Crippen LogP contribution < -0.4 is 0 Å². The van der Waals surface area contributed by atoms with Crippen LogP contribution in [-0.4, -0.2) is 11.8 Å². The van der Waals surface area contributed by atoms with Gasteiger partial charge in [-0.3, -0.25) is 4.99 Å². The normalized spacial score (nSPS) is 32.2. The van der Waals surface area contributed by atoms with Crippen molar-refractivity contribution in [2.75, 3.05) is 0 Å². The lowest BCUT2D eigenvalue weighted by Gasteiger charge is -2.27. The number of rotatable bonds is 1. The maximum absolute atomic E-state index is 12.9. The lowest BCUT2D eigenvalue weighted by atomic mass is 9.86. The Bertz CT molecular complexity index is 288. The van der Waals surface area contributed by atoms with Crippen LogP contribution in [0.1, 0.15) is 26.2 Å². The summed E-state index contributed by atoms with van der Waals surface area (Å²) < 4.78 is 12.9. The van der Waals surface area contributed by atoms with Gasteiger partial charge >= 0.3 is 0 Å². The highest BCUT2D eigenvalue weighted by Crippen LogP contribution is 2.30. The molecule has 1 nitrogen and oxygen atoms in total. The van der Waals surface area contributed by atoms with E-state index in [9.17, 15) is 4.39 Å². The van der Waals surface area contributed by atoms with Crippen LogP contribution in [0.2, 0.25) is 0 Å². The SMILES string of the molecule is CCC1=NC2CC=C(F)CC2C=C1. The fourth-order valence-corrected chi connectivity index (χ4v) is 1.91. The van der Waals surface area contributed by atoms with Gasteiger partial charge in [-0.15, -0.1) is 0 Å². The Morgan fingerprint density at radius 1 is 1.62 bits per heavy atom. The second-order valence-electron chi connectivity index (χ2n) is 3.66. The monoisotopic (exact) mass is 179 g/mol. The zero-order valence-corrected chi connectivity index (χ0v) is 7.83. The molecule has 2 unspecified atom stereocenters. The molecule has 0 aromatic carbocycles. The van der Waals surface area contributed by atoms with Crippen LogP contribution in [0.3, 0.4) is 0 Å². The average Bonchev–Trinajstić information content (AvgIpc) is 2.17. The molecule has 0 saturated carbocycles. The lowest BCUT2D eigenvalue weighted by molar-refractivity contribution is 0.418. The largest absolute Gasteiger partial charge is 0.286 e. The van der Waals surface area contributed by atoms with Crippen molar-refractivity contribution in [2.45, 2.75) is 32.2 Å². The Kier molecular flexibility index (Phi) is 2.30. The summed E-state index contributed by atoms with van der Waals surface area (Å²) in [4.78, 5) is 4.58. The summed E-state index contributed by atoms with van der Waals surface area (Å²) >= 11 is 0. The molecule has 0 fully saturated rings. The van der Waals surface area contributed by atoms with E-state index in [1.54, 1.807) is 6.08 Å². The minimum Gasteiger partial charge on any atom is -0.286 e. The third-order valence-electron chi connectivity index (χ3n) is 2.74. The second kappa shape index (κ2) is 3.44. The van der Waals surface area contributed by atoms with Crippen molar-refractivity contribution in [1.29, 1.82) is 0 Å². The fourth-order valence-electron chi connectivity index (χ4n) is 1.91. The molecule has 1 heterocycles. The first-order chi connectivity index (χ1) is 6.29. The van der Waals surface area contributed by atoms with E-state index in [1.165, 1.54) is 0 Å². The lowest BCUT2D eigenvalue weighted by Crippen LogP contribution is -2.24. The van der Waals surface area contributed by atoms with Crippen LogP contribution in [0.15, 0.2) is 29.0 Å². The predicted molar refractivity (Wildman–Crippen MR) is 52.6 cm³/mol. The van der Waals surface area contributed by atoms with Gasteiger partial charge in [0.15, 0.2) is 0 Å². The van der Waals surface area contributed by atoms with Crippen LogP contribution in [0.25, 0.3) is 0 Å². The van der Waals surface area contributed by atoms with Gasteiger partial charge in [0.2, 0.25) is 0 Å². The number of dihydropyridines is 1. The predicted octanol–water partition coefficient (Wildman–Crippen LogP) is 3.04. The van der Waals surface area contributed by atoms with E-state index in [4.69, 9.17) is 0 Å². The molecule has 13 heavy (non-hydrogen) atoms. The van der Waals surface area contributed by atoms with Crippen molar-refractivity contribution in [2.24, 2.45) is 10.9 Å². The third-order valence-corrected chi connectivity index (χ3v) is 2.74. The Morgan fingerprint density at radius 2 is 2.46 bits per heavy atom. The smallest absolute Gasteiger partial charge is 0.0967 e. The molecule has 70 valence electrons. The Hall–Kier alpha value is -0.920. The topological polar surface area (TPSA) is 12.4 Å². The molecule has 0 radical (unpaired) electrons. The van der Waals surface area contributed by atoms with Gasteiger partial charge in [0, 0.05) is 18.1 Å². The zero-order valence-electron chi connectivity index (χ0n) is 7.83. The highest BCUT2D eigenvalue weighted by molar-refractivity contribution is 5.95. The zero-order chi connectivity index (χ0) is 9.26. The number of halogens is 1. The van der Waals surface area contributed by atoms with Crippen molar-refractivity contribution in [3.05, 3.63) is 24.1 Å². The number of nitrogens with zero attached hydrogens (tertiary/aromatic N) is 1. The number of fused-ring (bicyclic) bond motifs is 1. The quantitative estimate of drug-likeness (QED) is 0.586. The fraction of sp³-hybridized carbons (Fsp3) is 0.545. The maximum Gasteiger partial charge on any atom is 0.0967 e. The third kappa shape index (κ3) is 1.71. The molecule has 2 rings (SSSR count). The first-order valence-corrected chi connectivity index (χ1v) is 4.89. The molecule has 1 aliphatic heterocycles. The molecule has 0 spiro atoms. The molecule has 2 heteroatoms. The molecule has 0 saturated heterocycles. The molecular weight excluding hydrogens is 165 g/mol. The van der Waals surface area contributed by atoms with Gasteiger partial charge in [-0.1, -0.05) is 19.1 Å². The van der Waals surface area contributed by atoms with Crippen LogP contribution in [0, 0.1) is 5.92 Å². The summed E-state index contributed by atoms with van der Waals surface area (Å²) in [6.45, 7) is 2.10. The molecule has 0 aromatic rings.